The van der Waals surface area contributed by atoms with E-state index in [1.807, 2.05) is 0 Å². The van der Waals surface area contributed by atoms with Gasteiger partial charge in [-0.3, -0.25) is 4.90 Å². The normalized spacial score (nSPS) is 11.5. The molecule has 0 saturated heterocycles. The molecule has 2 N–H and O–H groups in total. The fourth-order valence-electron chi connectivity index (χ4n) is 1.84. The van der Waals surface area contributed by atoms with Crippen LogP contribution in [0.2, 0.25) is 5.02 Å². The van der Waals surface area contributed by atoms with E-state index in [0.29, 0.717) is 29.6 Å². The topological polar surface area (TPSA) is 29.3 Å². The Balaban J connectivity index is 2.74. The second kappa shape index (κ2) is 6.94. The summed E-state index contributed by atoms with van der Waals surface area (Å²) in [6, 6.07) is 4.66. The van der Waals surface area contributed by atoms with Gasteiger partial charge in [0.1, 0.15) is 5.82 Å². The average Bonchev–Trinajstić information content (AvgIpc) is 2.23. The third-order valence-electron chi connectivity index (χ3n) is 2.47. The van der Waals surface area contributed by atoms with E-state index < -0.39 is 0 Å². The molecule has 0 saturated carbocycles. The summed E-state index contributed by atoms with van der Waals surface area (Å²) in [5.41, 5.74) is 6.20. The molecule has 0 atom stereocenters. The van der Waals surface area contributed by atoms with Gasteiger partial charge in [0.05, 0.1) is 0 Å². The van der Waals surface area contributed by atoms with E-state index in [0.717, 1.165) is 13.1 Å². The van der Waals surface area contributed by atoms with E-state index in [2.05, 4.69) is 18.7 Å². The van der Waals surface area contributed by atoms with Gasteiger partial charge in [-0.25, -0.2) is 4.39 Å². The minimum atomic E-state index is -0.208. The zero-order chi connectivity index (χ0) is 12.8. The van der Waals surface area contributed by atoms with Crippen LogP contribution in [-0.2, 0) is 6.54 Å². The predicted molar refractivity (Wildman–Crippen MR) is 70.6 cm³/mol. The van der Waals surface area contributed by atoms with Crippen molar-refractivity contribution in [2.24, 2.45) is 11.7 Å². The number of halogens is 2. The molecule has 0 fully saturated rings. The van der Waals surface area contributed by atoms with E-state index in [1.165, 1.54) is 6.07 Å². The predicted octanol–water partition coefficient (Wildman–Crippen LogP) is 2.90. The van der Waals surface area contributed by atoms with Crippen molar-refractivity contribution >= 4 is 11.6 Å². The monoisotopic (exact) mass is 258 g/mol. The van der Waals surface area contributed by atoms with Gasteiger partial charge in [0.15, 0.2) is 0 Å². The summed E-state index contributed by atoms with van der Waals surface area (Å²) in [7, 11) is 0. The van der Waals surface area contributed by atoms with Crippen LogP contribution in [0, 0.1) is 11.7 Å². The molecule has 96 valence electrons. The van der Waals surface area contributed by atoms with Crippen LogP contribution in [0.1, 0.15) is 19.4 Å². The number of nitrogens with zero attached hydrogens (tertiary/aromatic N) is 1. The zero-order valence-corrected chi connectivity index (χ0v) is 11.2. The molecule has 0 heterocycles. The van der Waals surface area contributed by atoms with Crippen LogP contribution in [0.3, 0.4) is 0 Å². The van der Waals surface area contributed by atoms with Gasteiger partial charge in [-0.1, -0.05) is 25.4 Å². The number of hydrogen-bond acceptors (Lipinski definition) is 2. The Labute approximate surface area is 108 Å². The van der Waals surface area contributed by atoms with Gasteiger partial charge in [0.25, 0.3) is 0 Å². The van der Waals surface area contributed by atoms with Gasteiger partial charge in [-0.05, 0) is 24.1 Å². The molecule has 4 heteroatoms. The first kappa shape index (κ1) is 14.4. The lowest BCUT2D eigenvalue weighted by molar-refractivity contribution is 0.239. The highest BCUT2D eigenvalue weighted by atomic mass is 35.5. The minimum Gasteiger partial charge on any atom is -0.329 e. The van der Waals surface area contributed by atoms with Crippen molar-refractivity contribution in [1.82, 2.24) is 4.90 Å². The molecule has 1 aromatic carbocycles. The molecule has 2 nitrogen and oxygen atoms in total. The van der Waals surface area contributed by atoms with E-state index in [1.54, 1.807) is 12.1 Å². The summed E-state index contributed by atoms with van der Waals surface area (Å²) in [6.45, 7) is 7.08. The second-order valence-electron chi connectivity index (χ2n) is 4.65. The molecule has 17 heavy (non-hydrogen) atoms. The Morgan fingerprint density at radius 3 is 2.71 bits per heavy atom. The van der Waals surface area contributed by atoms with Gasteiger partial charge < -0.3 is 5.73 Å². The van der Waals surface area contributed by atoms with Crippen LogP contribution in [-0.4, -0.2) is 24.5 Å². The van der Waals surface area contributed by atoms with Crippen molar-refractivity contribution < 1.29 is 4.39 Å². The van der Waals surface area contributed by atoms with Crippen LogP contribution in [0.5, 0.6) is 0 Å². The van der Waals surface area contributed by atoms with Crippen molar-refractivity contribution in [3.8, 4) is 0 Å². The van der Waals surface area contributed by atoms with E-state index in [4.69, 9.17) is 17.3 Å². The Kier molecular flexibility index (Phi) is 5.89. The summed E-state index contributed by atoms with van der Waals surface area (Å²) in [5, 5.41) is 0.568. The van der Waals surface area contributed by atoms with Crippen molar-refractivity contribution in [1.29, 1.82) is 0 Å². The summed E-state index contributed by atoms with van der Waals surface area (Å²) in [4.78, 5) is 2.15. The van der Waals surface area contributed by atoms with Crippen LogP contribution in [0.15, 0.2) is 18.2 Å². The van der Waals surface area contributed by atoms with Crippen molar-refractivity contribution in [3.63, 3.8) is 0 Å². The van der Waals surface area contributed by atoms with Crippen LogP contribution < -0.4 is 5.73 Å². The molecule has 1 rings (SSSR count). The molecule has 0 aliphatic carbocycles. The SMILES string of the molecule is CC(C)CN(CCN)Cc1cc(Cl)ccc1F. The largest absolute Gasteiger partial charge is 0.329 e. The Morgan fingerprint density at radius 2 is 2.12 bits per heavy atom. The van der Waals surface area contributed by atoms with E-state index in [-0.39, 0.29) is 5.82 Å². The molecule has 0 unspecified atom stereocenters. The highest BCUT2D eigenvalue weighted by Crippen LogP contribution is 2.17. The van der Waals surface area contributed by atoms with Gasteiger partial charge in [0.2, 0.25) is 0 Å². The summed E-state index contributed by atoms with van der Waals surface area (Å²) in [6.07, 6.45) is 0. The third kappa shape index (κ3) is 5.02. The average molecular weight is 259 g/mol. The molecule has 0 radical (unpaired) electrons. The fraction of sp³-hybridized carbons (Fsp3) is 0.538. The van der Waals surface area contributed by atoms with E-state index >= 15 is 0 Å². The number of benzene rings is 1. The van der Waals surface area contributed by atoms with Crippen molar-refractivity contribution in [2.75, 3.05) is 19.6 Å². The molecule has 1 aromatic rings. The lowest BCUT2D eigenvalue weighted by atomic mass is 10.1. The molecule has 0 aromatic heterocycles. The lowest BCUT2D eigenvalue weighted by Crippen LogP contribution is -2.32. The Bertz CT molecular complexity index is 355. The zero-order valence-electron chi connectivity index (χ0n) is 10.4. The molecule has 0 aliphatic rings. The minimum absolute atomic E-state index is 0.208. The van der Waals surface area contributed by atoms with Crippen molar-refractivity contribution in [3.05, 3.63) is 34.6 Å². The highest BCUT2D eigenvalue weighted by molar-refractivity contribution is 6.30. The smallest absolute Gasteiger partial charge is 0.127 e. The highest BCUT2D eigenvalue weighted by Gasteiger charge is 2.10. The fourth-order valence-corrected chi connectivity index (χ4v) is 2.03. The molecular formula is C13H20ClFN2. The van der Waals surface area contributed by atoms with Crippen molar-refractivity contribution in [2.45, 2.75) is 20.4 Å². The lowest BCUT2D eigenvalue weighted by Gasteiger charge is -2.23. The summed E-state index contributed by atoms with van der Waals surface area (Å²) >= 11 is 5.87. The maximum atomic E-state index is 13.6. The molecular weight excluding hydrogens is 239 g/mol. The Hall–Kier alpha value is -0.640. The summed E-state index contributed by atoms with van der Waals surface area (Å²) in [5.74, 6) is 0.323. The Morgan fingerprint density at radius 1 is 1.41 bits per heavy atom. The van der Waals surface area contributed by atoms with E-state index in [9.17, 15) is 4.39 Å². The summed E-state index contributed by atoms with van der Waals surface area (Å²) < 4.78 is 13.6. The van der Waals surface area contributed by atoms with Gasteiger partial charge in [-0.2, -0.15) is 0 Å². The quantitative estimate of drug-likeness (QED) is 0.850. The first-order valence-corrected chi connectivity index (χ1v) is 6.27. The first-order valence-electron chi connectivity index (χ1n) is 5.89. The van der Waals surface area contributed by atoms with Crippen LogP contribution in [0.4, 0.5) is 4.39 Å². The van der Waals surface area contributed by atoms with Crippen LogP contribution >= 0.6 is 11.6 Å². The first-order chi connectivity index (χ1) is 8.02. The maximum Gasteiger partial charge on any atom is 0.127 e. The molecule has 0 amide bonds. The number of nitrogens with two attached hydrogens (primary N) is 1. The molecule has 0 bridgehead atoms. The number of rotatable bonds is 6. The standard InChI is InChI=1S/C13H20ClFN2/c1-10(2)8-17(6-5-16)9-11-7-12(14)3-4-13(11)15/h3-4,7,10H,5-6,8-9,16H2,1-2H3. The van der Waals surface area contributed by atoms with Crippen LogP contribution in [0.25, 0.3) is 0 Å². The van der Waals surface area contributed by atoms with Gasteiger partial charge >= 0.3 is 0 Å². The maximum absolute atomic E-state index is 13.6. The molecule has 0 spiro atoms. The van der Waals surface area contributed by atoms with Gasteiger partial charge in [0, 0.05) is 36.8 Å². The van der Waals surface area contributed by atoms with Gasteiger partial charge in [-0.15, -0.1) is 0 Å². The number of hydrogen-bond donors (Lipinski definition) is 1. The second-order valence-corrected chi connectivity index (χ2v) is 5.09. The molecule has 0 aliphatic heterocycles. The third-order valence-corrected chi connectivity index (χ3v) is 2.71.